The molecular weight excluding hydrogens is 262 g/mol. The highest BCUT2D eigenvalue weighted by atomic mass is 16.5. The van der Waals surface area contributed by atoms with Gasteiger partial charge in [0.1, 0.15) is 0 Å². The van der Waals surface area contributed by atoms with Gasteiger partial charge in [0.25, 0.3) is 0 Å². The Balaban J connectivity index is 1.38. The van der Waals surface area contributed by atoms with Crippen LogP contribution in [-0.4, -0.2) is 75.4 Å². The van der Waals surface area contributed by atoms with Gasteiger partial charge in [-0.2, -0.15) is 0 Å². The minimum Gasteiger partial charge on any atom is -0.381 e. The second kappa shape index (κ2) is 7.91. The molecule has 122 valence electrons. The summed E-state index contributed by atoms with van der Waals surface area (Å²) in [7, 11) is 2.11. The van der Waals surface area contributed by atoms with Crippen LogP contribution in [0, 0.1) is 11.8 Å². The van der Waals surface area contributed by atoms with E-state index in [1.165, 1.54) is 71.4 Å². The van der Waals surface area contributed by atoms with Crippen molar-refractivity contribution in [2.45, 2.75) is 38.1 Å². The zero-order valence-electron chi connectivity index (χ0n) is 13.7. The first kappa shape index (κ1) is 15.7. The molecule has 0 aromatic carbocycles. The average molecular weight is 295 g/mol. The van der Waals surface area contributed by atoms with Gasteiger partial charge in [0, 0.05) is 31.7 Å². The zero-order chi connectivity index (χ0) is 14.5. The van der Waals surface area contributed by atoms with E-state index < -0.39 is 0 Å². The van der Waals surface area contributed by atoms with Crippen LogP contribution in [0.2, 0.25) is 0 Å². The molecule has 3 rings (SSSR count). The lowest BCUT2D eigenvalue weighted by atomic mass is 9.94. The molecular formula is C17H33N3O. The topological polar surface area (TPSA) is 27.7 Å². The predicted octanol–water partition coefficient (Wildman–Crippen LogP) is 1.42. The molecule has 0 bridgehead atoms. The van der Waals surface area contributed by atoms with Crippen molar-refractivity contribution in [3.05, 3.63) is 0 Å². The van der Waals surface area contributed by atoms with Crippen LogP contribution >= 0.6 is 0 Å². The third-order valence-electron chi connectivity index (χ3n) is 5.78. The lowest BCUT2D eigenvalue weighted by Crippen LogP contribution is -2.47. The van der Waals surface area contributed by atoms with Crippen molar-refractivity contribution in [2.24, 2.45) is 11.8 Å². The molecule has 1 N–H and O–H groups in total. The fourth-order valence-corrected chi connectivity index (χ4v) is 4.31. The Labute approximate surface area is 130 Å². The highest BCUT2D eigenvalue weighted by Gasteiger charge is 2.28. The molecule has 0 radical (unpaired) electrons. The maximum absolute atomic E-state index is 5.56. The zero-order valence-corrected chi connectivity index (χ0v) is 13.7. The number of hydrogen-bond acceptors (Lipinski definition) is 4. The molecule has 4 nitrogen and oxygen atoms in total. The minimum absolute atomic E-state index is 0.614. The lowest BCUT2D eigenvalue weighted by Gasteiger charge is -2.36. The van der Waals surface area contributed by atoms with Crippen molar-refractivity contribution in [1.29, 1.82) is 0 Å². The molecule has 2 unspecified atom stereocenters. The fraction of sp³-hybridized carbons (Fsp3) is 1.00. The van der Waals surface area contributed by atoms with E-state index in [2.05, 4.69) is 22.2 Å². The number of likely N-dealkylation sites (tertiary alicyclic amines) is 2. The van der Waals surface area contributed by atoms with Crippen LogP contribution in [0.25, 0.3) is 0 Å². The smallest absolute Gasteiger partial charge is 0.0510 e. The van der Waals surface area contributed by atoms with Crippen molar-refractivity contribution >= 4 is 0 Å². The summed E-state index contributed by atoms with van der Waals surface area (Å²) in [6, 6.07) is 0.614. The highest BCUT2D eigenvalue weighted by molar-refractivity contribution is 4.84. The first-order valence-corrected chi connectivity index (χ1v) is 9.05. The lowest BCUT2D eigenvalue weighted by molar-refractivity contribution is 0.126. The molecule has 0 aliphatic carbocycles. The summed E-state index contributed by atoms with van der Waals surface area (Å²) < 4.78 is 5.56. The first-order valence-electron chi connectivity index (χ1n) is 9.05. The summed E-state index contributed by atoms with van der Waals surface area (Å²) in [6.45, 7) is 9.78. The Kier molecular flexibility index (Phi) is 5.92. The van der Waals surface area contributed by atoms with Crippen LogP contribution in [0.4, 0.5) is 0 Å². The van der Waals surface area contributed by atoms with Gasteiger partial charge in [0.2, 0.25) is 0 Å². The summed E-state index contributed by atoms with van der Waals surface area (Å²) in [5.74, 6) is 1.67. The number of nitrogens with zero attached hydrogens (tertiary/aromatic N) is 2. The van der Waals surface area contributed by atoms with Gasteiger partial charge < -0.3 is 19.9 Å². The molecule has 3 aliphatic rings. The van der Waals surface area contributed by atoms with E-state index in [0.29, 0.717) is 6.04 Å². The van der Waals surface area contributed by atoms with Gasteiger partial charge in [-0.1, -0.05) is 0 Å². The Morgan fingerprint density at radius 2 is 1.81 bits per heavy atom. The number of nitrogens with one attached hydrogen (secondary N) is 1. The van der Waals surface area contributed by atoms with Gasteiger partial charge in [-0.15, -0.1) is 0 Å². The van der Waals surface area contributed by atoms with E-state index in [1.54, 1.807) is 0 Å². The molecule has 0 aromatic heterocycles. The van der Waals surface area contributed by atoms with E-state index in [-0.39, 0.29) is 0 Å². The second-order valence-corrected chi connectivity index (χ2v) is 7.27. The van der Waals surface area contributed by atoms with Crippen LogP contribution in [0.3, 0.4) is 0 Å². The molecule has 4 heteroatoms. The Bertz CT molecular complexity index is 292. The number of piperidine rings is 1. The van der Waals surface area contributed by atoms with Crippen molar-refractivity contribution in [1.82, 2.24) is 15.1 Å². The highest BCUT2D eigenvalue weighted by Crippen LogP contribution is 2.23. The van der Waals surface area contributed by atoms with Crippen molar-refractivity contribution in [2.75, 3.05) is 59.5 Å². The largest absolute Gasteiger partial charge is 0.381 e. The summed E-state index contributed by atoms with van der Waals surface area (Å²) in [4.78, 5) is 5.37. The van der Waals surface area contributed by atoms with Crippen LogP contribution in [0.15, 0.2) is 0 Å². The summed E-state index contributed by atoms with van der Waals surface area (Å²) in [6.07, 6.45) is 6.87. The monoisotopic (exact) mass is 295 g/mol. The molecule has 3 aliphatic heterocycles. The number of ether oxygens (including phenoxy) is 1. The van der Waals surface area contributed by atoms with Crippen molar-refractivity contribution < 1.29 is 4.74 Å². The molecule has 0 spiro atoms. The molecule has 3 saturated heterocycles. The summed E-state index contributed by atoms with van der Waals surface area (Å²) in [5.41, 5.74) is 0. The maximum Gasteiger partial charge on any atom is 0.0510 e. The SMILES string of the molecule is CNC(CN1CCC(CN2CCCC2)CC1)C1CCOC1. The van der Waals surface area contributed by atoms with Gasteiger partial charge in [-0.25, -0.2) is 0 Å². The Morgan fingerprint density at radius 3 is 2.43 bits per heavy atom. The number of rotatable bonds is 6. The quantitative estimate of drug-likeness (QED) is 0.802. The van der Waals surface area contributed by atoms with E-state index in [9.17, 15) is 0 Å². The van der Waals surface area contributed by atoms with E-state index in [1.807, 2.05) is 0 Å². The molecule has 21 heavy (non-hydrogen) atoms. The number of hydrogen-bond donors (Lipinski definition) is 1. The fourth-order valence-electron chi connectivity index (χ4n) is 4.31. The Morgan fingerprint density at radius 1 is 1.05 bits per heavy atom. The molecule has 3 fully saturated rings. The summed E-state index contributed by atoms with van der Waals surface area (Å²) in [5, 5.41) is 3.53. The van der Waals surface area contributed by atoms with Gasteiger partial charge in [0.05, 0.1) is 6.61 Å². The van der Waals surface area contributed by atoms with Crippen LogP contribution in [-0.2, 0) is 4.74 Å². The van der Waals surface area contributed by atoms with Crippen molar-refractivity contribution in [3.8, 4) is 0 Å². The van der Waals surface area contributed by atoms with E-state index >= 15 is 0 Å². The van der Waals surface area contributed by atoms with Crippen LogP contribution < -0.4 is 5.32 Å². The third-order valence-corrected chi connectivity index (χ3v) is 5.78. The predicted molar refractivity (Wildman–Crippen MR) is 86.6 cm³/mol. The third kappa shape index (κ3) is 4.41. The average Bonchev–Trinajstić information content (AvgIpc) is 3.20. The van der Waals surface area contributed by atoms with Crippen LogP contribution in [0.5, 0.6) is 0 Å². The molecule has 3 heterocycles. The normalized spacial score (nSPS) is 31.0. The number of likely N-dealkylation sites (N-methyl/N-ethyl adjacent to an activating group) is 1. The van der Waals surface area contributed by atoms with E-state index in [4.69, 9.17) is 4.74 Å². The molecule has 2 atom stereocenters. The summed E-state index contributed by atoms with van der Waals surface area (Å²) >= 11 is 0. The second-order valence-electron chi connectivity index (χ2n) is 7.27. The van der Waals surface area contributed by atoms with E-state index in [0.717, 1.165) is 25.0 Å². The van der Waals surface area contributed by atoms with Gasteiger partial charge >= 0.3 is 0 Å². The van der Waals surface area contributed by atoms with Gasteiger partial charge in [-0.3, -0.25) is 0 Å². The maximum atomic E-state index is 5.56. The first-order chi connectivity index (χ1) is 10.3. The standard InChI is InChI=1S/C17H33N3O/c1-18-17(16-6-11-21-14-16)13-20-9-4-15(5-10-20)12-19-7-2-3-8-19/h15-18H,2-14H2,1H3. The molecule has 0 saturated carbocycles. The van der Waals surface area contributed by atoms with Gasteiger partial charge in [0.15, 0.2) is 0 Å². The van der Waals surface area contributed by atoms with Crippen molar-refractivity contribution in [3.63, 3.8) is 0 Å². The molecule has 0 amide bonds. The van der Waals surface area contributed by atoms with Crippen LogP contribution in [0.1, 0.15) is 32.1 Å². The Hall–Kier alpha value is -0.160. The minimum atomic E-state index is 0.614. The molecule has 0 aromatic rings. The van der Waals surface area contributed by atoms with Gasteiger partial charge in [-0.05, 0) is 71.2 Å².